The molecule has 1 aliphatic rings. The molecule has 1 N–H and O–H groups in total. The molecule has 0 saturated carbocycles. The number of nitrogens with one attached hydrogen (secondary N) is 1. The van der Waals surface area contributed by atoms with Gasteiger partial charge in [-0.3, -0.25) is 9.59 Å². The van der Waals surface area contributed by atoms with E-state index in [9.17, 15) is 9.59 Å². The van der Waals surface area contributed by atoms with Crippen LogP contribution in [0.15, 0.2) is 60.1 Å². The normalized spacial score (nSPS) is 14.1. The molecule has 1 atom stereocenters. The van der Waals surface area contributed by atoms with Gasteiger partial charge in [0.25, 0.3) is 5.91 Å². The van der Waals surface area contributed by atoms with Gasteiger partial charge in [0, 0.05) is 23.2 Å². The number of amides is 2. The molecule has 0 bridgehead atoms. The minimum absolute atomic E-state index is 0.0404. The summed E-state index contributed by atoms with van der Waals surface area (Å²) in [4.78, 5) is 32.3. The number of carbonyl (C=O) groups is 2. The molecule has 0 saturated heterocycles. The third-order valence-corrected chi connectivity index (χ3v) is 5.67. The predicted molar refractivity (Wildman–Crippen MR) is 106 cm³/mol. The van der Waals surface area contributed by atoms with Crippen LogP contribution in [-0.4, -0.2) is 21.7 Å². The molecule has 5 nitrogen and oxygen atoms in total. The zero-order valence-electron chi connectivity index (χ0n) is 14.3. The maximum atomic E-state index is 12.9. The molecule has 7 heteroatoms. The molecule has 2 amide bonds. The Balaban J connectivity index is 1.55. The Morgan fingerprint density at radius 1 is 1.22 bits per heavy atom. The van der Waals surface area contributed by atoms with Crippen molar-refractivity contribution in [2.45, 2.75) is 19.0 Å². The topological polar surface area (TPSA) is 62.3 Å². The van der Waals surface area contributed by atoms with E-state index in [0.717, 1.165) is 10.4 Å². The molecule has 3 aromatic rings. The molecule has 4 rings (SSSR count). The fourth-order valence-corrected chi connectivity index (χ4v) is 4.14. The van der Waals surface area contributed by atoms with Crippen LogP contribution in [0.5, 0.6) is 0 Å². The molecule has 3 heterocycles. The number of pyridine rings is 1. The summed E-state index contributed by atoms with van der Waals surface area (Å²) in [5.41, 5.74) is 1.70. The van der Waals surface area contributed by atoms with Crippen molar-refractivity contribution < 1.29 is 9.59 Å². The van der Waals surface area contributed by atoms with Crippen LogP contribution < -0.4 is 5.32 Å². The zero-order valence-corrected chi connectivity index (χ0v) is 15.8. The molecule has 136 valence electrons. The number of hydrogen-bond donors (Lipinski definition) is 1. The average Bonchev–Trinajstić information content (AvgIpc) is 3.31. The van der Waals surface area contributed by atoms with E-state index in [2.05, 4.69) is 10.3 Å². The van der Waals surface area contributed by atoms with Gasteiger partial charge in [-0.25, -0.2) is 4.98 Å². The Morgan fingerprint density at radius 3 is 2.78 bits per heavy atom. The summed E-state index contributed by atoms with van der Waals surface area (Å²) in [6.45, 7) is 0.504. The molecule has 27 heavy (non-hydrogen) atoms. The van der Waals surface area contributed by atoms with Crippen LogP contribution in [0.1, 0.15) is 33.3 Å². The van der Waals surface area contributed by atoms with E-state index >= 15 is 0 Å². The zero-order chi connectivity index (χ0) is 18.8. The number of anilines is 1. The van der Waals surface area contributed by atoms with Gasteiger partial charge in [0.15, 0.2) is 0 Å². The van der Waals surface area contributed by atoms with Crippen LogP contribution >= 0.6 is 22.9 Å². The van der Waals surface area contributed by atoms with Crippen molar-refractivity contribution in [2.75, 3.05) is 5.32 Å². The number of halogens is 1. The maximum absolute atomic E-state index is 12.9. The van der Waals surface area contributed by atoms with E-state index in [1.165, 1.54) is 6.20 Å². The highest BCUT2D eigenvalue weighted by Crippen LogP contribution is 2.35. The van der Waals surface area contributed by atoms with Gasteiger partial charge >= 0.3 is 0 Å². The lowest BCUT2D eigenvalue weighted by molar-refractivity contribution is -0.117. The van der Waals surface area contributed by atoms with E-state index in [1.54, 1.807) is 28.4 Å². The summed E-state index contributed by atoms with van der Waals surface area (Å²) in [6, 6.07) is 14.5. The summed E-state index contributed by atoms with van der Waals surface area (Å²) in [5, 5.41) is 5.24. The Hall–Kier alpha value is -2.70. The molecule has 0 radical (unpaired) electrons. The van der Waals surface area contributed by atoms with Crippen LogP contribution in [0.4, 0.5) is 5.82 Å². The van der Waals surface area contributed by atoms with Crippen molar-refractivity contribution in [2.24, 2.45) is 0 Å². The average molecular weight is 398 g/mol. The van der Waals surface area contributed by atoms with Gasteiger partial charge in [0.05, 0.1) is 17.5 Å². The van der Waals surface area contributed by atoms with E-state index in [0.29, 0.717) is 22.9 Å². The van der Waals surface area contributed by atoms with Gasteiger partial charge in [-0.1, -0.05) is 35.9 Å². The number of aromatic nitrogens is 1. The monoisotopic (exact) mass is 397 g/mol. The molecule has 1 aromatic carbocycles. The number of hydrogen-bond acceptors (Lipinski definition) is 4. The van der Waals surface area contributed by atoms with E-state index in [-0.39, 0.29) is 24.3 Å². The molecular formula is C20H16ClN3O2S. The number of thiophene rings is 1. The lowest BCUT2D eigenvalue weighted by Gasteiger charge is -2.26. The highest BCUT2D eigenvalue weighted by Gasteiger charge is 2.34. The number of benzene rings is 1. The van der Waals surface area contributed by atoms with Gasteiger partial charge in [0.1, 0.15) is 5.82 Å². The van der Waals surface area contributed by atoms with Crippen molar-refractivity contribution in [3.8, 4) is 0 Å². The molecule has 0 fully saturated rings. The van der Waals surface area contributed by atoms with Crippen molar-refractivity contribution in [1.29, 1.82) is 0 Å². The van der Waals surface area contributed by atoms with Crippen molar-refractivity contribution >= 4 is 40.6 Å². The number of carbonyl (C=O) groups excluding carboxylic acids is 2. The van der Waals surface area contributed by atoms with Gasteiger partial charge in [-0.2, -0.15) is 0 Å². The van der Waals surface area contributed by atoms with Gasteiger partial charge < -0.3 is 10.2 Å². The van der Waals surface area contributed by atoms with Gasteiger partial charge in [-0.05, 0) is 35.2 Å². The number of rotatable bonds is 5. The lowest BCUT2D eigenvalue weighted by Crippen LogP contribution is -2.31. The van der Waals surface area contributed by atoms with Gasteiger partial charge in [0.2, 0.25) is 5.91 Å². The predicted octanol–water partition coefficient (Wildman–Crippen LogP) is 4.52. The first-order valence-corrected chi connectivity index (χ1v) is 9.71. The third kappa shape index (κ3) is 3.72. The Kier molecular flexibility index (Phi) is 4.92. The van der Waals surface area contributed by atoms with Crippen LogP contribution in [0.3, 0.4) is 0 Å². The fraction of sp³-hybridized carbons (Fsp3) is 0.150. The van der Waals surface area contributed by atoms with Crippen molar-refractivity contribution in [3.05, 3.63) is 81.1 Å². The molecular weight excluding hydrogens is 382 g/mol. The van der Waals surface area contributed by atoms with Crippen LogP contribution in [-0.2, 0) is 11.3 Å². The molecule has 0 spiro atoms. The second-order valence-electron chi connectivity index (χ2n) is 6.24. The van der Waals surface area contributed by atoms with Crippen LogP contribution in [0.25, 0.3) is 0 Å². The standard InChI is InChI=1S/C20H16ClN3O2S/c21-14-7-8-18(22-11-14)23-19(25)10-16(17-6-3-9-27-17)24-12-13-4-1-2-5-15(13)20(24)26/h1-9,11,16H,10,12H2,(H,22,23,25). The summed E-state index contributed by atoms with van der Waals surface area (Å²) in [6.07, 6.45) is 1.64. The SMILES string of the molecule is O=C(CC(c1cccs1)N1Cc2ccccc2C1=O)Nc1ccc(Cl)cn1. The minimum atomic E-state index is -0.322. The summed E-state index contributed by atoms with van der Waals surface area (Å²) in [7, 11) is 0. The van der Waals surface area contributed by atoms with Crippen LogP contribution in [0.2, 0.25) is 5.02 Å². The summed E-state index contributed by atoms with van der Waals surface area (Å²) < 4.78 is 0. The van der Waals surface area contributed by atoms with Crippen molar-refractivity contribution in [1.82, 2.24) is 9.88 Å². The Bertz CT molecular complexity index is 973. The van der Waals surface area contributed by atoms with Crippen molar-refractivity contribution in [3.63, 3.8) is 0 Å². The molecule has 1 unspecified atom stereocenters. The first kappa shape index (κ1) is 17.7. The van der Waals surface area contributed by atoms with E-state index < -0.39 is 0 Å². The summed E-state index contributed by atoms with van der Waals surface area (Å²) >= 11 is 7.37. The second kappa shape index (κ2) is 7.50. The second-order valence-corrected chi connectivity index (χ2v) is 7.65. The highest BCUT2D eigenvalue weighted by atomic mass is 35.5. The summed E-state index contributed by atoms with van der Waals surface area (Å²) in [5.74, 6) is 0.193. The quantitative estimate of drug-likeness (QED) is 0.688. The number of nitrogens with zero attached hydrogens (tertiary/aromatic N) is 2. The largest absolute Gasteiger partial charge is 0.326 e. The first-order chi connectivity index (χ1) is 13.1. The lowest BCUT2D eigenvalue weighted by atomic mass is 10.1. The fourth-order valence-electron chi connectivity index (χ4n) is 3.19. The first-order valence-electron chi connectivity index (χ1n) is 8.45. The Labute approximate surface area is 165 Å². The molecule has 2 aromatic heterocycles. The third-order valence-electron chi connectivity index (χ3n) is 4.47. The maximum Gasteiger partial charge on any atom is 0.255 e. The van der Waals surface area contributed by atoms with E-state index in [4.69, 9.17) is 11.6 Å². The van der Waals surface area contributed by atoms with Crippen LogP contribution in [0, 0.1) is 0 Å². The highest BCUT2D eigenvalue weighted by molar-refractivity contribution is 7.10. The molecule has 1 aliphatic heterocycles. The Morgan fingerprint density at radius 2 is 2.07 bits per heavy atom. The molecule has 0 aliphatic carbocycles. The minimum Gasteiger partial charge on any atom is -0.326 e. The van der Waals surface area contributed by atoms with Gasteiger partial charge in [-0.15, -0.1) is 11.3 Å². The number of fused-ring (bicyclic) bond motifs is 1. The smallest absolute Gasteiger partial charge is 0.255 e. The van der Waals surface area contributed by atoms with E-state index in [1.807, 2.05) is 41.8 Å².